The summed E-state index contributed by atoms with van der Waals surface area (Å²) < 4.78 is 2.32. The molecule has 0 N–H and O–H groups in total. The molecule has 5 nitrogen and oxygen atoms in total. The van der Waals surface area contributed by atoms with Crippen molar-refractivity contribution < 1.29 is 0 Å². The smallest absolute Gasteiger partial charge is 0.160 e. The molecule has 62 heavy (non-hydrogen) atoms. The zero-order valence-corrected chi connectivity index (χ0v) is 34.6. The van der Waals surface area contributed by atoms with Gasteiger partial charge in [-0.3, -0.25) is 0 Å². The third-order valence-corrected chi connectivity index (χ3v) is 11.8. The van der Waals surface area contributed by atoms with E-state index >= 15 is 0 Å². The number of hydrogen-bond acceptors (Lipinski definition) is 4. The lowest BCUT2D eigenvalue weighted by Gasteiger charge is -2.22. The Labute approximate surface area is 361 Å². The lowest BCUT2D eigenvalue weighted by molar-refractivity contribution is 1.17. The largest absolute Gasteiger partial charge is 0.308 e. The van der Waals surface area contributed by atoms with E-state index in [1.54, 1.807) is 0 Å². The summed E-state index contributed by atoms with van der Waals surface area (Å²) >= 11 is 0. The van der Waals surface area contributed by atoms with E-state index in [1.165, 1.54) is 22.3 Å². The van der Waals surface area contributed by atoms with E-state index in [4.69, 9.17) is 9.97 Å². The van der Waals surface area contributed by atoms with Crippen LogP contribution in [0.4, 0.5) is 0 Å². The van der Waals surface area contributed by atoms with E-state index < -0.39 is 0 Å². The van der Waals surface area contributed by atoms with Crippen molar-refractivity contribution >= 4 is 21.8 Å². The fourth-order valence-corrected chi connectivity index (χ4v) is 9.14. The molecule has 0 fully saturated rings. The summed E-state index contributed by atoms with van der Waals surface area (Å²) in [5.41, 5.74) is 17.5. The van der Waals surface area contributed by atoms with Gasteiger partial charge in [-0.1, -0.05) is 139 Å². The summed E-state index contributed by atoms with van der Waals surface area (Å²) in [6, 6.07) is 66.8. The molecule has 5 heteroatoms. The molecule has 0 aliphatic heterocycles. The van der Waals surface area contributed by atoms with Gasteiger partial charge in [0, 0.05) is 49.7 Å². The van der Waals surface area contributed by atoms with Crippen molar-refractivity contribution in [1.82, 2.24) is 14.5 Å². The third kappa shape index (κ3) is 6.59. The van der Waals surface area contributed by atoms with Crippen LogP contribution in [0.2, 0.25) is 0 Å². The Bertz CT molecular complexity index is 3300. The van der Waals surface area contributed by atoms with Crippen LogP contribution in [0.3, 0.4) is 0 Å². The molecule has 292 valence electrons. The van der Waals surface area contributed by atoms with Crippen LogP contribution in [-0.2, 0) is 0 Å². The van der Waals surface area contributed by atoms with E-state index in [0.717, 1.165) is 77.7 Å². The van der Waals surface area contributed by atoms with Crippen LogP contribution in [0.1, 0.15) is 27.8 Å². The van der Waals surface area contributed by atoms with Gasteiger partial charge in [0.25, 0.3) is 0 Å². The molecule has 0 spiro atoms. The Morgan fingerprint density at radius 1 is 0.419 bits per heavy atom. The van der Waals surface area contributed by atoms with Crippen LogP contribution in [0.5, 0.6) is 0 Å². The van der Waals surface area contributed by atoms with Gasteiger partial charge in [-0.15, -0.1) is 0 Å². The van der Waals surface area contributed by atoms with E-state index in [0.29, 0.717) is 22.6 Å². The van der Waals surface area contributed by atoms with Crippen LogP contribution in [0, 0.1) is 43.4 Å². The molecule has 0 saturated carbocycles. The SMILES string of the molecule is Cc1cc(C)c(-c2ccc3c(c2)c2ccccc2n3-c2c(-c3ccccc3C#N)cc(-c3cc(-c4ccccc4)nc(-c4ccccc4)n3)cc2-c2ccccc2C#N)c(C)c1. The molecule has 0 radical (unpaired) electrons. The van der Waals surface area contributed by atoms with E-state index in [-0.39, 0.29) is 0 Å². The van der Waals surface area contributed by atoms with Crippen LogP contribution in [-0.4, -0.2) is 14.5 Å². The number of fused-ring (bicyclic) bond motifs is 3. The zero-order chi connectivity index (χ0) is 42.3. The number of aryl methyl sites for hydroxylation is 3. The first-order valence-electron chi connectivity index (χ1n) is 20.7. The number of nitrogens with zero attached hydrogens (tertiary/aromatic N) is 5. The van der Waals surface area contributed by atoms with E-state index in [2.05, 4.69) is 116 Å². The second kappa shape index (κ2) is 15.7. The molecule has 0 atom stereocenters. The van der Waals surface area contributed by atoms with Crippen molar-refractivity contribution in [2.45, 2.75) is 20.8 Å². The van der Waals surface area contributed by atoms with Crippen LogP contribution < -0.4 is 0 Å². The third-order valence-electron chi connectivity index (χ3n) is 11.8. The predicted octanol–water partition coefficient (Wildman–Crippen LogP) is 14.2. The molecule has 2 heterocycles. The molecule has 10 aromatic rings. The van der Waals surface area contributed by atoms with Gasteiger partial charge < -0.3 is 4.57 Å². The van der Waals surface area contributed by atoms with Gasteiger partial charge >= 0.3 is 0 Å². The Hall–Kier alpha value is -8.38. The minimum absolute atomic E-state index is 0.538. The van der Waals surface area contributed by atoms with Crippen molar-refractivity contribution in [3.8, 4) is 85.1 Å². The lowest BCUT2D eigenvalue weighted by atomic mass is 9.88. The molecular weight excluding hydrogens is 755 g/mol. The molecule has 0 aliphatic rings. The first kappa shape index (κ1) is 37.9. The van der Waals surface area contributed by atoms with Gasteiger partial charge in [-0.2, -0.15) is 10.5 Å². The minimum Gasteiger partial charge on any atom is -0.308 e. The van der Waals surface area contributed by atoms with Gasteiger partial charge in [-0.25, -0.2) is 9.97 Å². The summed E-state index contributed by atoms with van der Waals surface area (Å²) in [6.45, 7) is 6.52. The second-order valence-corrected chi connectivity index (χ2v) is 15.8. The quantitative estimate of drug-likeness (QED) is 0.161. The highest BCUT2D eigenvalue weighted by atomic mass is 15.0. The molecule has 0 saturated heterocycles. The minimum atomic E-state index is 0.538. The molecule has 0 amide bonds. The van der Waals surface area contributed by atoms with Gasteiger partial charge in [0.15, 0.2) is 5.82 Å². The second-order valence-electron chi connectivity index (χ2n) is 15.8. The molecule has 10 rings (SSSR count). The maximum Gasteiger partial charge on any atom is 0.160 e. The number of hydrogen-bond donors (Lipinski definition) is 0. The number of aromatic nitrogens is 3. The summed E-state index contributed by atoms with van der Waals surface area (Å²) in [6.07, 6.45) is 0. The van der Waals surface area contributed by atoms with Crippen molar-refractivity contribution in [2.75, 3.05) is 0 Å². The zero-order valence-electron chi connectivity index (χ0n) is 34.6. The van der Waals surface area contributed by atoms with Crippen molar-refractivity contribution in [1.29, 1.82) is 10.5 Å². The topological polar surface area (TPSA) is 78.3 Å². The first-order valence-corrected chi connectivity index (χ1v) is 20.7. The van der Waals surface area contributed by atoms with Gasteiger partial charge in [0.1, 0.15) is 0 Å². The number of benzene rings is 8. The monoisotopic (exact) mass is 793 g/mol. The summed E-state index contributed by atoms with van der Waals surface area (Å²) in [7, 11) is 0. The predicted molar refractivity (Wildman–Crippen MR) is 253 cm³/mol. The van der Waals surface area contributed by atoms with Crippen molar-refractivity contribution in [2.24, 2.45) is 0 Å². The highest BCUT2D eigenvalue weighted by Crippen LogP contribution is 2.46. The lowest BCUT2D eigenvalue weighted by Crippen LogP contribution is -2.04. The molecule has 8 aromatic carbocycles. The number of para-hydroxylation sites is 1. The van der Waals surface area contributed by atoms with E-state index in [1.807, 2.05) is 103 Å². The van der Waals surface area contributed by atoms with Gasteiger partial charge in [0.05, 0.1) is 51.4 Å². The molecule has 0 aliphatic carbocycles. The number of nitriles is 2. The maximum absolute atomic E-state index is 10.7. The van der Waals surface area contributed by atoms with E-state index in [9.17, 15) is 10.5 Å². The maximum atomic E-state index is 10.7. The van der Waals surface area contributed by atoms with Crippen LogP contribution in [0.25, 0.3) is 94.8 Å². The average Bonchev–Trinajstić information content (AvgIpc) is 3.64. The Morgan fingerprint density at radius 2 is 0.935 bits per heavy atom. The molecule has 0 bridgehead atoms. The standard InChI is InChI=1S/C57H39N5/c1-36-28-37(2)55(38(3)29-36)41-26-27-54-48(30-41)47-24-14-15-25-53(47)62(54)56-49(45-22-12-10-20-42(45)34-58)31-44(32-50(56)46-23-13-11-21-43(46)35-59)52-33-51(39-16-6-4-7-17-39)60-57(61-52)40-18-8-5-9-19-40/h4-33H,1-3H3. The Morgan fingerprint density at radius 3 is 1.55 bits per heavy atom. The van der Waals surface area contributed by atoms with Crippen LogP contribution >= 0.6 is 0 Å². The normalized spacial score (nSPS) is 11.1. The van der Waals surface area contributed by atoms with Crippen LogP contribution in [0.15, 0.2) is 182 Å². The van der Waals surface area contributed by atoms with Crippen molar-refractivity contribution in [3.05, 3.63) is 210 Å². The van der Waals surface area contributed by atoms with Crippen molar-refractivity contribution in [3.63, 3.8) is 0 Å². The van der Waals surface area contributed by atoms with Gasteiger partial charge in [0.2, 0.25) is 0 Å². The highest BCUT2D eigenvalue weighted by Gasteiger charge is 2.25. The number of rotatable bonds is 7. The molecular formula is C57H39N5. The first-order chi connectivity index (χ1) is 30.4. The fourth-order valence-electron chi connectivity index (χ4n) is 9.14. The highest BCUT2D eigenvalue weighted by molar-refractivity contribution is 6.12. The average molecular weight is 794 g/mol. The molecule has 0 unspecified atom stereocenters. The Kier molecular flexibility index (Phi) is 9.56. The summed E-state index contributed by atoms with van der Waals surface area (Å²) in [5.74, 6) is 0.598. The summed E-state index contributed by atoms with van der Waals surface area (Å²) in [5, 5.41) is 23.6. The molecule has 2 aromatic heterocycles. The Balaban J connectivity index is 1.34. The summed E-state index contributed by atoms with van der Waals surface area (Å²) in [4.78, 5) is 10.3. The van der Waals surface area contributed by atoms with Gasteiger partial charge in [-0.05, 0) is 91.6 Å². The fraction of sp³-hybridized carbons (Fsp3) is 0.0526.